The first-order valence-electron chi connectivity index (χ1n) is 6.24. The molecule has 0 saturated heterocycles. The van der Waals surface area contributed by atoms with Crippen LogP contribution in [-0.4, -0.2) is 10.0 Å². The summed E-state index contributed by atoms with van der Waals surface area (Å²) in [5.74, 6) is 0.208. The van der Waals surface area contributed by atoms with Gasteiger partial charge < -0.3 is 10.8 Å². The Hall–Kier alpha value is -1.62. The Labute approximate surface area is 106 Å². The number of nitrogens with two attached hydrogens (primary N) is 1. The monoisotopic (exact) mass is 250 g/mol. The van der Waals surface area contributed by atoms with E-state index in [-0.39, 0.29) is 17.4 Å². The van der Waals surface area contributed by atoms with Crippen LogP contribution < -0.4 is 5.73 Å². The predicted octanol–water partition coefficient (Wildman–Crippen LogP) is 2.80. The van der Waals surface area contributed by atoms with Gasteiger partial charge in [-0.05, 0) is 37.3 Å². The molecule has 0 amide bonds. The lowest BCUT2D eigenvalue weighted by molar-refractivity contribution is -0.385. The number of aromatic hydroxyl groups is 1. The highest BCUT2D eigenvalue weighted by atomic mass is 16.6. The van der Waals surface area contributed by atoms with E-state index in [1.807, 2.05) is 0 Å². The summed E-state index contributed by atoms with van der Waals surface area (Å²) >= 11 is 0. The van der Waals surface area contributed by atoms with Crippen LogP contribution >= 0.6 is 0 Å². The highest BCUT2D eigenvalue weighted by Gasteiger charge is 2.31. The minimum atomic E-state index is -0.469. The summed E-state index contributed by atoms with van der Waals surface area (Å²) in [5, 5.41) is 21.1. The van der Waals surface area contributed by atoms with Crippen molar-refractivity contribution in [2.75, 3.05) is 0 Å². The van der Waals surface area contributed by atoms with Gasteiger partial charge in [0, 0.05) is 12.1 Å². The molecule has 3 N–H and O–H groups in total. The lowest BCUT2D eigenvalue weighted by Gasteiger charge is -2.20. The average Bonchev–Trinajstić information content (AvgIpc) is 2.84. The maximum Gasteiger partial charge on any atom is 0.277 e. The summed E-state index contributed by atoms with van der Waals surface area (Å²) in [6.45, 7) is 1.73. The third kappa shape index (κ3) is 2.18. The van der Waals surface area contributed by atoms with Crippen LogP contribution in [-0.2, 0) is 0 Å². The Morgan fingerprint density at radius 1 is 1.44 bits per heavy atom. The van der Waals surface area contributed by atoms with Gasteiger partial charge in [0.05, 0.1) is 10.5 Å². The molecule has 2 rings (SSSR count). The number of nitro groups is 1. The molecule has 18 heavy (non-hydrogen) atoms. The van der Waals surface area contributed by atoms with Crippen molar-refractivity contribution in [3.63, 3.8) is 0 Å². The molecule has 1 aromatic carbocycles. The third-order valence-electron chi connectivity index (χ3n) is 3.83. The van der Waals surface area contributed by atoms with Crippen molar-refractivity contribution in [1.29, 1.82) is 0 Å². The lowest BCUT2D eigenvalue weighted by Crippen LogP contribution is -2.20. The quantitative estimate of drug-likeness (QED) is 0.637. The van der Waals surface area contributed by atoms with E-state index in [0.29, 0.717) is 11.1 Å². The molecular weight excluding hydrogens is 232 g/mol. The predicted molar refractivity (Wildman–Crippen MR) is 68.4 cm³/mol. The van der Waals surface area contributed by atoms with Crippen molar-refractivity contribution in [2.24, 2.45) is 11.7 Å². The number of nitro benzene ring substituents is 1. The van der Waals surface area contributed by atoms with Gasteiger partial charge >= 0.3 is 0 Å². The van der Waals surface area contributed by atoms with Crippen molar-refractivity contribution in [3.8, 4) is 5.75 Å². The van der Waals surface area contributed by atoms with Gasteiger partial charge in [-0.15, -0.1) is 0 Å². The van der Waals surface area contributed by atoms with Crippen LogP contribution in [0.15, 0.2) is 12.1 Å². The van der Waals surface area contributed by atoms with Crippen LogP contribution in [0.3, 0.4) is 0 Å². The third-order valence-corrected chi connectivity index (χ3v) is 3.83. The molecule has 1 aliphatic rings. The highest BCUT2D eigenvalue weighted by Crippen LogP contribution is 2.42. The average molecular weight is 250 g/mol. The Morgan fingerprint density at radius 2 is 2.06 bits per heavy atom. The van der Waals surface area contributed by atoms with Crippen molar-refractivity contribution in [1.82, 2.24) is 0 Å². The van der Waals surface area contributed by atoms with E-state index in [1.165, 1.54) is 6.07 Å². The van der Waals surface area contributed by atoms with Gasteiger partial charge in [-0.1, -0.05) is 12.8 Å². The van der Waals surface area contributed by atoms with E-state index in [4.69, 9.17) is 5.73 Å². The summed E-state index contributed by atoms with van der Waals surface area (Å²) in [7, 11) is 0. The zero-order valence-electron chi connectivity index (χ0n) is 10.4. The highest BCUT2D eigenvalue weighted by molar-refractivity contribution is 5.54. The zero-order valence-corrected chi connectivity index (χ0v) is 10.4. The van der Waals surface area contributed by atoms with Crippen LogP contribution in [0.1, 0.15) is 42.9 Å². The molecule has 0 radical (unpaired) electrons. The fraction of sp³-hybridized carbons (Fsp3) is 0.538. The lowest BCUT2D eigenvalue weighted by atomic mass is 9.89. The van der Waals surface area contributed by atoms with E-state index < -0.39 is 11.0 Å². The first kappa shape index (κ1) is 12.8. The van der Waals surface area contributed by atoms with Gasteiger partial charge in [0.25, 0.3) is 5.69 Å². The molecule has 0 unspecified atom stereocenters. The SMILES string of the molecule is Cc1ccc([N+](=O)[O-])c([C@@H](N)C2CCCC2)c1O. The summed E-state index contributed by atoms with van der Waals surface area (Å²) in [6, 6.07) is 2.53. The number of phenolic OH excluding ortho intramolecular Hbond substituents is 1. The van der Waals surface area contributed by atoms with Crippen LogP contribution in [0.25, 0.3) is 0 Å². The van der Waals surface area contributed by atoms with Crippen molar-refractivity contribution >= 4 is 5.69 Å². The first-order chi connectivity index (χ1) is 8.52. The van der Waals surface area contributed by atoms with E-state index in [9.17, 15) is 15.2 Å². The summed E-state index contributed by atoms with van der Waals surface area (Å²) in [4.78, 5) is 10.6. The van der Waals surface area contributed by atoms with Crippen molar-refractivity contribution in [3.05, 3.63) is 33.4 Å². The van der Waals surface area contributed by atoms with Crippen LogP contribution in [0.5, 0.6) is 5.75 Å². The number of hydrogen-bond acceptors (Lipinski definition) is 4. The maximum atomic E-state index is 11.0. The number of aryl methyl sites for hydroxylation is 1. The molecule has 0 aliphatic heterocycles. The molecule has 1 atom stereocenters. The smallest absolute Gasteiger partial charge is 0.277 e. The Morgan fingerprint density at radius 3 is 2.61 bits per heavy atom. The summed E-state index contributed by atoms with van der Waals surface area (Å²) in [6.07, 6.45) is 4.18. The van der Waals surface area contributed by atoms with Crippen LogP contribution in [0.2, 0.25) is 0 Å². The van der Waals surface area contributed by atoms with Crippen molar-refractivity contribution in [2.45, 2.75) is 38.6 Å². The van der Waals surface area contributed by atoms with Gasteiger partial charge in [0.15, 0.2) is 0 Å². The van der Waals surface area contributed by atoms with Gasteiger partial charge in [-0.25, -0.2) is 0 Å². The number of hydrogen-bond donors (Lipinski definition) is 2. The molecule has 1 saturated carbocycles. The second-order valence-electron chi connectivity index (χ2n) is 4.99. The fourth-order valence-corrected chi connectivity index (χ4v) is 2.75. The largest absolute Gasteiger partial charge is 0.507 e. The minimum absolute atomic E-state index is 0.0244. The molecule has 0 bridgehead atoms. The molecule has 0 heterocycles. The second kappa shape index (κ2) is 4.94. The molecule has 1 aromatic rings. The summed E-state index contributed by atoms with van der Waals surface area (Å²) in [5.41, 5.74) is 7.00. The van der Waals surface area contributed by atoms with Crippen LogP contribution in [0.4, 0.5) is 5.69 Å². The topological polar surface area (TPSA) is 89.4 Å². The normalized spacial score (nSPS) is 17.9. The maximum absolute atomic E-state index is 11.0. The molecule has 98 valence electrons. The molecule has 1 fully saturated rings. The van der Waals surface area contributed by atoms with E-state index in [1.54, 1.807) is 13.0 Å². The Kier molecular flexibility index (Phi) is 3.52. The molecule has 0 spiro atoms. The molecule has 0 aromatic heterocycles. The minimum Gasteiger partial charge on any atom is -0.507 e. The van der Waals surface area contributed by atoms with Crippen LogP contribution in [0, 0.1) is 23.0 Å². The van der Waals surface area contributed by atoms with Gasteiger partial charge in [0.2, 0.25) is 0 Å². The zero-order chi connectivity index (χ0) is 13.3. The Bertz CT molecular complexity index is 468. The molecule has 5 heteroatoms. The molecule has 1 aliphatic carbocycles. The fourth-order valence-electron chi connectivity index (χ4n) is 2.75. The molecule has 5 nitrogen and oxygen atoms in total. The van der Waals surface area contributed by atoms with E-state index >= 15 is 0 Å². The van der Waals surface area contributed by atoms with Gasteiger partial charge in [0.1, 0.15) is 5.75 Å². The number of phenols is 1. The summed E-state index contributed by atoms with van der Waals surface area (Å²) < 4.78 is 0. The number of benzene rings is 1. The number of rotatable bonds is 3. The standard InChI is InChI=1S/C13H18N2O3/c1-8-6-7-10(15(17)18)11(13(8)16)12(14)9-4-2-3-5-9/h6-7,9,12,16H,2-5,14H2,1H3/t12-/m0/s1. The second-order valence-corrected chi connectivity index (χ2v) is 4.99. The number of nitrogens with zero attached hydrogens (tertiary/aromatic N) is 1. The van der Waals surface area contributed by atoms with Gasteiger partial charge in [-0.3, -0.25) is 10.1 Å². The first-order valence-corrected chi connectivity index (χ1v) is 6.24. The van der Waals surface area contributed by atoms with Crippen molar-refractivity contribution < 1.29 is 10.0 Å². The Balaban J connectivity index is 2.46. The van der Waals surface area contributed by atoms with Gasteiger partial charge in [-0.2, -0.15) is 0 Å². The molecular formula is C13H18N2O3. The van der Waals surface area contributed by atoms with E-state index in [0.717, 1.165) is 25.7 Å². The van der Waals surface area contributed by atoms with E-state index in [2.05, 4.69) is 0 Å².